The van der Waals surface area contributed by atoms with E-state index in [0.717, 1.165) is 36.8 Å². The number of hydrogen-bond donors (Lipinski definition) is 1. The fourth-order valence-electron chi connectivity index (χ4n) is 2.48. The van der Waals surface area contributed by atoms with E-state index in [1.54, 1.807) is 0 Å². The number of aliphatic hydroxyl groups is 1. The number of aryl methyl sites for hydroxylation is 2. The van der Waals surface area contributed by atoms with E-state index in [2.05, 4.69) is 34.4 Å². The van der Waals surface area contributed by atoms with Gasteiger partial charge in [-0.2, -0.15) is 4.98 Å². The predicted molar refractivity (Wildman–Crippen MR) is 88.7 cm³/mol. The van der Waals surface area contributed by atoms with E-state index in [4.69, 9.17) is 9.63 Å². The Morgan fingerprint density at radius 1 is 0.826 bits per heavy atom. The maximum absolute atomic E-state index is 9.06. The van der Waals surface area contributed by atoms with E-state index in [-0.39, 0.29) is 6.61 Å². The molecule has 4 nitrogen and oxygen atoms in total. The zero-order chi connectivity index (χ0) is 15.9. The third-order valence-corrected chi connectivity index (χ3v) is 3.81. The van der Waals surface area contributed by atoms with Crippen LogP contribution in [0.4, 0.5) is 0 Å². The van der Waals surface area contributed by atoms with E-state index in [1.807, 2.05) is 30.3 Å². The maximum Gasteiger partial charge on any atom is 0.226 e. The maximum atomic E-state index is 9.06. The van der Waals surface area contributed by atoms with Crippen molar-refractivity contribution in [3.8, 4) is 11.4 Å². The number of nitrogens with zero attached hydrogens (tertiary/aromatic N) is 2. The second-order valence-electron chi connectivity index (χ2n) is 5.56. The molecule has 1 heterocycles. The molecule has 3 aromatic rings. The summed E-state index contributed by atoms with van der Waals surface area (Å²) in [6, 6.07) is 18.0. The zero-order valence-electron chi connectivity index (χ0n) is 13.0. The van der Waals surface area contributed by atoms with Crippen LogP contribution in [-0.2, 0) is 19.4 Å². The van der Waals surface area contributed by atoms with Crippen LogP contribution in [0.15, 0.2) is 59.1 Å². The van der Waals surface area contributed by atoms with Gasteiger partial charge in [0.05, 0.1) is 6.61 Å². The molecule has 1 N–H and O–H groups in total. The molecule has 4 heteroatoms. The number of benzene rings is 2. The summed E-state index contributed by atoms with van der Waals surface area (Å²) in [5.41, 5.74) is 3.14. The minimum absolute atomic E-state index is 0.0409. The first kappa shape index (κ1) is 15.4. The number of aliphatic hydroxyl groups excluding tert-OH is 1. The normalized spacial score (nSPS) is 10.8. The molecule has 0 aliphatic heterocycles. The summed E-state index contributed by atoms with van der Waals surface area (Å²) < 4.78 is 5.32. The highest BCUT2D eigenvalue weighted by Crippen LogP contribution is 2.17. The monoisotopic (exact) mass is 308 g/mol. The molecular weight excluding hydrogens is 288 g/mol. The van der Waals surface area contributed by atoms with Gasteiger partial charge < -0.3 is 9.63 Å². The fourth-order valence-corrected chi connectivity index (χ4v) is 2.48. The van der Waals surface area contributed by atoms with Gasteiger partial charge in [-0.1, -0.05) is 59.8 Å². The molecule has 0 unspecified atom stereocenters. The molecule has 2 aromatic carbocycles. The minimum Gasteiger partial charge on any atom is -0.392 e. The third-order valence-electron chi connectivity index (χ3n) is 3.81. The molecule has 0 spiro atoms. The molecule has 0 amide bonds. The molecule has 0 fully saturated rings. The average Bonchev–Trinajstić information content (AvgIpc) is 3.09. The molecule has 1 aromatic heterocycles. The summed E-state index contributed by atoms with van der Waals surface area (Å²) in [6.45, 7) is 0.0409. The van der Waals surface area contributed by atoms with Crippen LogP contribution >= 0.6 is 0 Å². The van der Waals surface area contributed by atoms with Crippen LogP contribution in [0, 0.1) is 0 Å². The predicted octanol–water partition coefficient (Wildman–Crippen LogP) is 3.79. The minimum atomic E-state index is 0.0409. The summed E-state index contributed by atoms with van der Waals surface area (Å²) in [5, 5.41) is 13.1. The highest BCUT2D eigenvalue weighted by atomic mass is 16.5. The fraction of sp³-hybridized carbons (Fsp3) is 0.263. The van der Waals surface area contributed by atoms with E-state index in [0.29, 0.717) is 11.7 Å². The lowest BCUT2D eigenvalue weighted by Crippen LogP contribution is -1.90. The van der Waals surface area contributed by atoms with E-state index in [1.165, 1.54) is 5.56 Å². The van der Waals surface area contributed by atoms with Crippen LogP contribution in [0.3, 0.4) is 0 Å². The van der Waals surface area contributed by atoms with Crippen molar-refractivity contribution >= 4 is 0 Å². The summed E-state index contributed by atoms with van der Waals surface area (Å²) in [5.74, 6) is 1.28. The van der Waals surface area contributed by atoms with Crippen molar-refractivity contribution in [2.45, 2.75) is 32.3 Å². The van der Waals surface area contributed by atoms with Gasteiger partial charge in [-0.25, -0.2) is 0 Å². The Balaban J connectivity index is 1.51. The zero-order valence-corrected chi connectivity index (χ0v) is 13.0. The Kier molecular flexibility index (Phi) is 5.17. The van der Waals surface area contributed by atoms with Crippen LogP contribution in [0.5, 0.6) is 0 Å². The van der Waals surface area contributed by atoms with Crippen molar-refractivity contribution < 1.29 is 9.63 Å². The molecule has 0 aliphatic carbocycles. The molecule has 23 heavy (non-hydrogen) atoms. The first-order chi connectivity index (χ1) is 11.3. The van der Waals surface area contributed by atoms with Crippen LogP contribution in [0.1, 0.15) is 29.9 Å². The van der Waals surface area contributed by atoms with Gasteiger partial charge >= 0.3 is 0 Å². The van der Waals surface area contributed by atoms with Crippen molar-refractivity contribution in [1.82, 2.24) is 10.1 Å². The molecule has 118 valence electrons. The van der Waals surface area contributed by atoms with Crippen LogP contribution in [-0.4, -0.2) is 15.2 Å². The molecule has 0 saturated carbocycles. The van der Waals surface area contributed by atoms with Crippen molar-refractivity contribution in [3.63, 3.8) is 0 Å². The van der Waals surface area contributed by atoms with Gasteiger partial charge in [0.15, 0.2) is 0 Å². The van der Waals surface area contributed by atoms with Crippen LogP contribution < -0.4 is 0 Å². The van der Waals surface area contributed by atoms with Crippen LogP contribution in [0.25, 0.3) is 11.4 Å². The number of aromatic nitrogens is 2. The van der Waals surface area contributed by atoms with Gasteiger partial charge in [-0.15, -0.1) is 0 Å². The Morgan fingerprint density at radius 2 is 1.57 bits per heavy atom. The number of hydrogen-bond acceptors (Lipinski definition) is 4. The second kappa shape index (κ2) is 7.70. The van der Waals surface area contributed by atoms with Crippen molar-refractivity contribution in [2.24, 2.45) is 0 Å². The topological polar surface area (TPSA) is 59.2 Å². The highest BCUT2D eigenvalue weighted by molar-refractivity contribution is 5.54. The van der Waals surface area contributed by atoms with E-state index >= 15 is 0 Å². The van der Waals surface area contributed by atoms with Crippen molar-refractivity contribution in [1.29, 1.82) is 0 Å². The lowest BCUT2D eigenvalue weighted by molar-refractivity contribution is 0.282. The lowest BCUT2D eigenvalue weighted by atomic mass is 10.1. The lowest BCUT2D eigenvalue weighted by Gasteiger charge is -1.99. The van der Waals surface area contributed by atoms with Crippen molar-refractivity contribution in [3.05, 3.63) is 71.6 Å². The van der Waals surface area contributed by atoms with Gasteiger partial charge in [0.1, 0.15) is 0 Å². The molecule has 0 bridgehead atoms. The summed E-state index contributed by atoms with van der Waals surface area (Å²) in [7, 11) is 0. The Hall–Kier alpha value is -2.46. The van der Waals surface area contributed by atoms with Crippen LogP contribution in [0.2, 0.25) is 0 Å². The Bertz CT molecular complexity index is 721. The third kappa shape index (κ3) is 4.27. The Labute approximate surface area is 135 Å². The van der Waals surface area contributed by atoms with Gasteiger partial charge in [0, 0.05) is 12.0 Å². The molecular formula is C19H20N2O2. The Morgan fingerprint density at radius 3 is 2.30 bits per heavy atom. The molecule has 3 rings (SSSR count). The number of rotatable bonds is 7. The largest absolute Gasteiger partial charge is 0.392 e. The first-order valence-electron chi connectivity index (χ1n) is 7.92. The molecule has 0 saturated heterocycles. The average molecular weight is 308 g/mol. The SMILES string of the molecule is OCc1ccc(-c2noc(CCCCc3ccccc3)n2)cc1. The standard InChI is InChI=1S/C19H20N2O2/c22-14-16-10-12-17(13-11-16)19-20-18(23-21-19)9-5-4-8-15-6-2-1-3-7-15/h1-3,6-7,10-13,22H,4-5,8-9,14H2. The van der Waals surface area contributed by atoms with Gasteiger partial charge in [-0.3, -0.25) is 0 Å². The highest BCUT2D eigenvalue weighted by Gasteiger charge is 2.08. The van der Waals surface area contributed by atoms with Gasteiger partial charge in [0.2, 0.25) is 11.7 Å². The van der Waals surface area contributed by atoms with E-state index < -0.39 is 0 Å². The van der Waals surface area contributed by atoms with E-state index in [9.17, 15) is 0 Å². The van der Waals surface area contributed by atoms with Crippen molar-refractivity contribution in [2.75, 3.05) is 0 Å². The van der Waals surface area contributed by atoms with Gasteiger partial charge in [0.25, 0.3) is 0 Å². The van der Waals surface area contributed by atoms with Gasteiger partial charge in [-0.05, 0) is 30.4 Å². The number of unbranched alkanes of at least 4 members (excludes halogenated alkanes) is 1. The molecule has 0 radical (unpaired) electrons. The summed E-state index contributed by atoms with van der Waals surface area (Å²) in [4.78, 5) is 4.44. The summed E-state index contributed by atoms with van der Waals surface area (Å²) in [6.07, 6.45) is 4.01. The quantitative estimate of drug-likeness (QED) is 0.675. The second-order valence-corrected chi connectivity index (χ2v) is 5.56. The summed E-state index contributed by atoms with van der Waals surface area (Å²) >= 11 is 0. The smallest absolute Gasteiger partial charge is 0.226 e. The first-order valence-corrected chi connectivity index (χ1v) is 7.92. The molecule has 0 atom stereocenters. The molecule has 0 aliphatic rings.